The molecule has 0 aliphatic carbocycles. The van der Waals surface area contributed by atoms with Gasteiger partial charge in [0, 0.05) is 59.8 Å². The Balaban J connectivity index is 1.96. The number of phenolic OH excluding ortho intramolecular Hbond substituents is 1. The van der Waals surface area contributed by atoms with Crippen LogP contribution in [-0.2, 0) is 0 Å². The molecular weight excluding hydrogens is 512 g/mol. The first-order chi connectivity index (χ1) is 19.9. The van der Waals surface area contributed by atoms with Crippen LogP contribution < -0.4 is 9.80 Å². The van der Waals surface area contributed by atoms with Gasteiger partial charge in [0.15, 0.2) is 17.3 Å². The fourth-order valence-corrected chi connectivity index (χ4v) is 5.23. The molecule has 0 spiro atoms. The number of carbonyl (C=O) groups excluding carboxylic acids is 3. The number of ketones is 3. The Bertz CT molecular complexity index is 1550. The van der Waals surface area contributed by atoms with E-state index >= 15 is 0 Å². The first kappa shape index (κ1) is 29.3. The number of hydrogen-bond donors (Lipinski definition) is 1. The summed E-state index contributed by atoms with van der Waals surface area (Å²) in [5.41, 5.74) is 2.42. The van der Waals surface area contributed by atoms with E-state index in [1.54, 1.807) is 54.6 Å². The minimum Gasteiger partial charge on any atom is -0.506 e. The molecule has 0 atom stereocenters. The minimum atomic E-state index is -0.517. The van der Waals surface area contributed by atoms with Crippen molar-refractivity contribution >= 4 is 28.7 Å². The molecule has 6 nitrogen and oxygen atoms in total. The van der Waals surface area contributed by atoms with Crippen LogP contribution in [0.2, 0.25) is 0 Å². The van der Waals surface area contributed by atoms with Crippen molar-refractivity contribution in [3.63, 3.8) is 0 Å². The Hall–Kier alpha value is -4.71. The fraction of sp³-hybridized carbons (Fsp3) is 0.229. The molecule has 4 aromatic carbocycles. The highest BCUT2D eigenvalue weighted by atomic mass is 16.3. The molecule has 4 rings (SSSR count). The molecule has 4 aromatic rings. The summed E-state index contributed by atoms with van der Waals surface area (Å²) in [7, 11) is 0. The summed E-state index contributed by atoms with van der Waals surface area (Å²) >= 11 is 0. The van der Waals surface area contributed by atoms with E-state index in [4.69, 9.17) is 0 Å². The molecule has 0 saturated heterocycles. The normalized spacial score (nSPS) is 10.7. The van der Waals surface area contributed by atoms with Gasteiger partial charge in [-0.05, 0) is 64.1 Å². The first-order valence-corrected chi connectivity index (χ1v) is 14.1. The van der Waals surface area contributed by atoms with E-state index in [2.05, 4.69) is 4.90 Å². The molecule has 0 amide bonds. The van der Waals surface area contributed by atoms with Crippen molar-refractivity contribution in [2.75, 3.05) is 36.0 Å². The van der Waals surface area contributed by atoms with E-state index in [0.717, 1.165) is 5.69 Å². The fourth-order valence-electron chi connectivity index (χ4n) is 5.23. The summed E-state index contributed by atoms with van der Waals surface area (Å²) in [4.78, 5) is 46.1. The van der Waals surface area contributed by atoms with E-state index in [-0.39, 0.29) is 16.7 Å². The minimum absolute atomic E-state index is 0.0338. The molecule has 0 bridgehead atoms. The van der Waals surface area contributed by atoms with Gasteiger partial charge in [-0.15, -0.1) is 0 Å². The molecule has 210 valence electrons. The maximum atomic E-state index is 14.4. The molecule has 0 fully saturated rings. The SMILES string of the molecule is CCN(CC)c1ccccc1C(=O)c1ccc(C(=O)c2ccccc2)c(O)c1C(=O)c1ccccc1N(CC)CC. The highest BCUT2D eigenvalue weighted by Gasteiger charge is 2.30. The zero-order valence-electron chi connectivity index (χ0n) is 24.1. The number of rotatable bonds is 12. The van der Waals surface area contributed by atoms with Crippen molar-refractivity contribution in [1.82, 2.24) is 0 Å². The lowest BCUT2D eigenvalue weighted by atomic mass is 9.88. The van der Waals surface area contributed by atoms with Crippen LogP contribution in [0.5, 0.6) is 5.75 Å². The zero-order chi connectivity index (χ0) is 29.5. The van der Waals surface area contributed by atoms with Crippen LogP contribution >= 0.6 is 0 Å². The van der Waals surface area contributed by atoms with Gasteiger partial charge in [-0.1, -0.05) is 54.6 Å². The number of para-hydroxylation sites is 2. The maximum Gasteiger partial charge on any atom is 0.199 e. The second-order valence-corrected chi connectivity index (χ2v) is 9.62. The van der Waals surface area contributed by atoms with Gasteiger partial charge in [-0.2, -0.15) is 0 Å². The van der Waals surface area contributed by atoms with Crippen molar-refractivity contribution < 1.29 is 19.5 Å². The average Bonchev–Trinajstić information content (AvgIpc) is 3.02. The zero-order valence-corrected chi connectivity index (χ0v) is 24.1. The van der Waals surface area contributed by atoms with E-state index < -0.39 is 23.1 Å². The van der Waals surface area contributed by atoms with Crippen LogP contribution in [-0.4, -0.2) is 48.6 Å². The molecule has 0 heterocycles. The van der Waals surface area contributed by atoms with E-state index in [1.807, 2.05) is 56.9 Å². The number of aromatic hydroxyl groups is 1. The van der Waals surface area contributed by atoms with Crippen molar-refractivity contribution in [1.29, 1.82) is 0 Å². The van der Waals surface area contributed by atoms with Crippen molar-refractivity contribution in [2.24, 2.45) is 0 Å². The third kappa shape index (κ3) is 5.78. The molecule has 0 aliphatic rings. The predicted octanol–water partition coefficient (Wildman–Crippen LogP) is 6.78. The molecule has 1 N–H and O–H groups in total. The van der Waals surface area contributed by atoms with Crippen LogP contribution in [0.3, 0.4) is 0 Å². The van der Waals surface area contributed by atoms with E-state index in [1.165, 1.54) is 12.1 Å². The van der Waals surface area contributed by atoms with Crippen LogP contribution in [0.15, 0.2) is 91.0 Å². The standard InChI is InChI=1S/C35H36N2O4/c1-5-36(6-2)29-20-14-12-18-25(29)33(39)27-22-23-28(32(38)24-16-10-9-11-17-24)35(41)31(27)34(40)26-19-13-15-21-30(26)37(7-3)8-4/h9-23,41H,5-8H2,1-4H3. The number of hydrogen-bond acceptors (Lipinski definition) is 6. The molecule has 41 heavy (non-hydrogen) atoms. The van der Waals surface area contributed by atoms with Gasteiger partial charge in [0.2, 0.25) is 0 Å². The first-order valence-electron chi connectivity index (χ1n) is 14.1. The number of nitrogens with zero attached hydrogens (tertiary/aromatic N) is 2. The lowest BCUT2D eigenvalue weighted by molar-refractivity contribution is 0.0998. The molecule has 0 radical (unpaired) electrons. The van der Waals surface area contributed by atoms with Gasteiger partial charge in [0.05, 0.1) is 11.1 Å². The molecule has 6 heteroatoms. The van der Waals surface area contributed by atoms with Gasteiger partial charge < -0.3 is 14.9 Å². The highest BCUT2D eigenvalue weighted by Crippen LogP contribution is 2.35. The van der Waals surface area contributed by atoms with E-state index in [9.17, 15) is 19.5 Å². The van der Waals surface area contributed by atoms with Crippen molar-refractivity contribution in [2.45, 2.75) is 27.7 Å². The van der Waals surface area contributed by atoms with Gasteiger partial charge in [0.1, 0.15) is 5.75 Å². The van der Waals surface area contributed by atoms with Gasteiger partial charge in [0.25, 0.3) is 0 Å². The summed E-state index contributed by atoms with van der Waals surface area (Å²) in [5, 5.41) is 11.6. The van der Waals surface area contributed by atoms with Crippen molar-refractivity contribution in [3.8, 4) is 5.75 Å². The number of phenols is 1. The summed E-state index contributed by atoms with van der Waals surface area (Å²) < 4.78 is 0. The number of benzene rings is 4. The number of anilines is 2. The van der Waals surface area contributed by atoms with Gasteiger partial charge >= 0.3 is 0 Å². The summed E-state index contributed by atoms with van der Waals surface area (Å²) in [6.07, 6.45) is 0. The predicted molar refractivity (Wildman–Crippen MR) is 165 cm³/mol. The average molecular weight is 549 g/mol. The maximum absolute atomic E-state index is 14.4. The summed E-state index contributed by atoms with van der Waals surface area (Å²) in [5.74, 6) is -1.84. The quantitative estimate of drug-likeness (QED) is 0.197. The summed E-state index contributed by atoms with van der Waals surface area (Å²) in [6, 6.07) is 25.9. The van der Waals surface area contributed by atoms with Gasteiger partial charge in [-0.3, -0.25) is 14.4 Å². The Labute approximate surface area is 241 Å². The number of carbonyl (C=O) groups is 3. The van der Waals surface area contributed by atoms with Crippen LogP contribution in [0, 0.1) is 0 Å². The van der Waals surface area contributed by atoms with Crippen LogP contribution in [0.1, 0.15) is 75.5 Å². The monoisotopic (exact) mass is 548 g/mol. The molecular formula is C35H36N2O4. The van der Waals surface area contributed by atoms with Crippen LogP contribution in [0.25, 0.3) is 0 Å². The van der Waals surface area contributed by atoms with E-state index in [0.29, 0.717) is 48.6 Å². The smallest absolute Gasteiger partial charge is 0.199 e. The molecule has 0 unspecified atom stereocenters. The third-order valence-electron chi connectivity index (χ3n) is 7.44. The van der Waals surface area contributed by atoms with Gasteiger partial charge in [-0.25, -0.2) is 0 Å². The Morgan fingerprint density at radius 3 is 1.46 bits per heavy atom. The highest BCUT2D eigenvalue weighted by molar-refractivity contribution is 6.25. The van der Waals surface area contributed by atoms with Crippen molar-refractivity contribution in [3.05, 3.63) is 124 Å². The topological polar surface area (TPSA) is 77.9 Å². The Morgan fingerprint density at radius 2 is 0.951 bits per heavy atom. The molecule has 0 aromatic heterocycles. The summed E-state index contributed by atoms with van der Waals surface area (Å²) in [6.45, 7) is 10.8. The third-order valence-corrected chi connectivity index (χ3v) is 7.44. The second kappa shape index (κ2) is 13.1. The van der Waals surface area contributed by atoms with Crippen LogP contribution in [0.4, 0.5) is 11.4 Å². The molecule has 0 saturated carbocycles. The lowest BCUT2D eigenvalue weighted by Gasteiger charge is -2.25. The lowest BCUT2D eigenvalue weighted by Crippen LogP contribution is -2.25. The Kier molecular flexibility index (Phi) is 9.35. The molecule has 0 aliphatic heterocycles. The Morgan fingerprint density at radius 1 is 0.512 bits per heavy atom. The largest absolute Gasteiger partial charge is 0.506 e. The second-order valence-electron chi connectivity index (χ2n) is 9.62.